The van der Waals surface area contributed by atoms with Crippen LogP contribution in [0, 0.1) is 5.41 Å². The van der Waals surface area contributed by atoms with Gasteiger partial charge in [0.15, 0.2) is 0 Å². The van der Waals surface area contributed by atoms with Gasteiger partial charge in [0.1, 0.15) is 0 Å². The highest BCUT2D eigenvalue weighted by Crippen LogP contribution is 2.22. The summed E-state index contributed by atoms with van der Waals surface area (Å²) in [4.78, 5) is 10.7. The van der Waals surface area contributed by atoms with Crippen molar-refractivity contribution in [2.75, 3.05) is 0 Å². The first-order valence-electron chi connectivity index (χ1n) is 3.49. The fourth-order valence-electron chi connectivity index (χ4n) is 0.800. The van der Waals surface area contributed by atoms with E-state index in [1.165, 1.54) is 0 Å². The van der Waals surface area contributed by atoms with E-state index < -0.39 is 5.91 Å². The molecule has 0 aliphatic carbocycles. The standard InChI is InChI=1S/C8H15NO2/c1-6(7(10)9-11)5-8(2,3)4/h11H,1,5H2,2-4H3,(H,9,10). The predicted octanol–water partition coefficient (Wildman–Crippen LogP) is 1.48. The van der Waals surface area contributed by atoms with E-state index in [1.54, 1.807) is 5.48 Å². The van der Waals surface area contributed by atoms with Crippen molar-refractivity contribution >= 4 is 5.91 Å². The van der Waals surface area contributed by atoms with Gasteiger partial charge in [0, 0.05) is 5.57 Å². The molecule has 0 saturated heterocycles. The third-order valence-corrected chi connectivity index (χ3v) is 1.17. The van der Waals surface area contributed by atoms with E-state index in [1.807, 2.05) is 20.8 Å². The van der Waals surface area contributed by atoms with Crippen molar-refractivity contribution in [2.24, 2.45) is 5.41 Å². The average molecular weight is 157 g/mol. The van der Waals surface area contributed by atoms with Crippen LogP contribution in [-0.2, 0) is 4.79 Å². The molecule has 0 aromatic heterocycles. The maximum absolute atomic E-state index is 10.7. The van der Waals surface area contributed by atoms with Crippen LogP contribution in [0.2, 0.25) is 0 Å². The van der Waals surface area contributed by atoms with Crippen molar-refractivity contribution in [1.82, 2.24) is 5.48 Å². The Balaban J connectivity index is 3.99. The van der Waals surface area contributed by atoms with Gasteiger partial charge in [-0.15, -0.1) is 0 Å². The highest BCUT2D eigenvalue weighted by molar-refractivity contribution is 5.91. The highest BCUT2D eigenvalue weighted by Gasteiger charge is 2.15. The van der Waals surface area contributed by atoms with Crippen LogP contribution >= 0.6 is 0 Å². The lowest BCUT2D eigenvalue weighted by Crippen LogP contribution is -2.22. The molecule has 3 nitrogen and oxygen atoms in total. The number of carbonyl (C=O) groups excluding carboxylic acids is 1. The minimum atomic E-state index is -0.500. The molecule has 0 rings (SSSR count). The summed E-state index contributed by atoms with van der Waals surface area (Å²) < 4.78 is 0. The Bertz CT molecular complexity index is 167. The summed E-state index contributed by atoms with van der Waals surface area (Å²) in [5, 5.41) is 8.24. The summed E-state index contributed by atoms with van der Waals surface area (Å²) in [7, 11) is 0. The molecule has 0 heterocycles. The molecular weight excluding hydrogens is 142 g/mol. The number of hydrogen-bond acceptors (Lipinski definition) is 2. The molecule has 0 radical (unpaired) electrons. The van der Waals surface area contributed by atoms with Gasteiger partial charge in [-0.25, -0.2) is 5.48 Å². The zero-order valence-electron chi connectivity index (χ0n) is 7.27. The molecule has 0 unspecified atom stereocenters. The van der Waals surface area contributed by atoms with Crippen LogP contribution in [-0.4, -0.2) is 11.1 Å². The second-order valence-electron chi connectivity index (χ2n) is 3.78. The molecule has 11 heavy (non-hydrogen) atoms. The third kappa shape index (κ3) is 4.56. The molecule has 0 spiro atoms. The second-order valence-corrected chi connectivity index (χ2v) is 3.78. The normalized spacial score (nSPS) is 10.9. The van der Waals surface area contributed by atoms with Crippen LogP contribution in [0.4, 0.5) is 0 Å². The van der Waals surface area contributed by atoms with Gasteiger partial charge in [-0.1, -0.05) is 27.4 Å². The SMILES string of the molecule is C=C(CC(C)(C)C)C(=O)NO. The number of amides is 1. The van der Waals surface area contributed by atoms with E-state index >= 15 is 0 Å². The maximum Gasteiger partial charge on any atom is 0.269 e. The van der Waals surface area contributed by atoms with Crippen LogP contribution in [0.3, 0.4) is 0 Å². The summed E-state index contributed by atoms with van der Waals surface area (Å²) in [6, 6.07) is 0. The Morgan fingerprint density at radius 3 is 2.27 bits per heavy atom. The maximum atomic E-state index is 10.7. The van der Waals surface area contributed by atoms with Crippen LogP contribution in [0.1, 0.15) is 27.2 Å². The van der Waals surface area contributed by atoms with Gasteiger partial charge in [0.25, 0.3) is 5.91 Å². The second kappa shape index (κ2) is 3.53. The molecule has 1 amide bonds. The summed E-state index contributed by atoms with van der Waals surface area (Å²) in [5.74, 6) is -0.500. The van der Waals surface area contributed by atoms with Gasteiger partial charge < -0.3 is 0 Å². The molecule has 0 aromatic rings. The third-order valence-electron chi connectivity index (χ3n) is 1.17. The number of hydroxylamine groups is 1. The Hall–Kier alpha value is -0.830. The van der Waals surface area contributed by atoms with Crippen molar-refractivity contribution in [1.29, 1.82) is 0 Å². The monoisotopic (exact) mass is 157 g/mol. The largest absolute Gasteiger partial charge is 0.288 e. The molecule has 0 aliphatic rings. The zero-order valence-corrected chi connectivity index (χ0v) is 7.27. The Morgan fingerprint density at radius 1 is 1.55 bits per heavy atom. The quantitative estimate of drug-likeness (QED) is 0.362. The van der Waals surface area contributed by atoms with Crippen molar-refractivity contribution in [2.45, 2.75) is 27.2 Å². The van der Waals surface area contributed by atoms with Crippen LogP contribution < -0.4 is 5.48 Å². The summed E-state index contributed by atoms with van der Waals surface area (Å²) in [6.45, 7) is 9.55. The smallest absolute Gasteiger partial charge is 0.269 e. The van der Waals surface area contributed by atoms with Gasteiger partial charge in [0.2, 0.25) is 0 Å². The van der Waals surface area contributed by atoms with E-state index in [9.17, 15) is 4.79 Å². The molecular formula is C8H15NO2. The van der Waals surface area contributed by atoms with Gasteiger partial charge >= 0.3 is 0 Å². The summed E-state index contributed by atoms with van der Waals surface area (Å²) >= 11 is 0. The summed E-state index contributed by atoms with van der Waals surface area (Å²) in [5.41, 5.74) is 1.98. The Labute approximate surface area is 67.1 Å². The first-order valence-corrected chi connectivity index (χ1v) is 3.49. The lowest BCUT2D eigenvalue weighted by molar-refractivity contribution is -0.125. The minimum Gasteiger partial charge on any atom is -0.288 e. The average Bonchev–Trinajstić information content (AvgIpc) is 1.82. The van der Waals surface area contributed by atoms with Crippen molar-refractivity contribution in [3.8, 4) is 0 Å². The van der Waals surface area contributed by atoms with E-state index in [4.69, 9.17) is 5.21 Å². The first kappa shape index (κ1) is 10.2. The van der Waals surface area contributed by atoms with Crippen molar-refractivity contribution in [3.05, 3.63) is 12.2 Å². The molecule has 0 fully saturated rings. The highest BCUT2D eigenvalue weighted by atomic mass is 16.5. The number of carbonyl (C=O) groups is 1. The van der Waals surface area contributed by atoms with E-state index in [2.05, 4.69) is 6.58 Å². The molecule has 0 bridgehead atoms. The molecule has 0 aliphatic heterocycles. The van der Waals surface area contributed by atoms with Gasteiger partial charge in [-0.2, -0.15) is 0 Å². The predicted molar refractivity (Wildman–Crippen MR) is 43.1 cm³/mol. The zero-order chi connectivity index (χ0) is 9.07. The Morgan fingerprint density at radius 2 is 2.00 bits per heavy atom. The Kier molecular flexibility index (Phi) is 3.26. The van der Waals surface area contributed by atoms with Gasteiger partial charge in [-0.3, -0.25) is 10.0 Å². The van der Waals surface area contributed by atoms with Crippen molar-refractivity contribution < 1.29 is 10.0 Å². The first-order chi connectivity index (χ1) is 4.87. The van der Waals surface area contributed by atoms with Crippen molar-refractivity contribution in [3.63, 3.8) is 0 Å². The number of hydrogen-bond donors (Lipinski definition) is 2. The van der Waals surface area contributed by atoms with E-state index in [-0.39, 0.29) is 5.41 Å². The van der Waals surface area contributed by atoms with E-state index in [0.717, 1.165) is 0 Å². The molecule has 0 saturated carbocycles. The lowest BCUT2D eigenvalue weighted by atomic mass is 9.88. The number of rotatable bonds is 2. The van der Waals surface area contributed by atoms with Crippen LogP contribution in [0.25, 0.3) is 0 Å². The topological polar surface area (TPSA) is 49.3 Å². The molecule has 2 N–H and O–H groups in total. The van der Waals surface area contributed by atoms with E-state index in [0.29, 0.717) is 12.0 Å². The van der Waals surface area contributed by atoms with Gasteiger partial charge in [-0.05, 0) is 11.8 Å². The van der Waals surface area contributed by atoms with Crippen LogP contribution in [0.15, 0.2) is 12.2 Å². The lowest BCUT2D eigenvalue weighted by Gasteiger charge is -2.18. The number of nitrogens with one attached hydrogen (secondary N) is 1. The fraction of sp³-hybridized carbons (Fsp3) is 0.625. The molecule has 0 aromatic carbocycles. The summed E-state index contributed by atoms with van der Waals surface area (Å²) in [6.07, 6.45) is 0.583. The molecule has 3 heteroatoms. The molecule has 0 atom stereocenters. The van der Waals surface area contributed by atoms with Crippen LogP contribution in [0.5, 0.6) is 0 Å². The fourth-order valence-corrected chi connectivity index (χ4v) is 0.800. The van der Waals surface area contributed by atoms with Gasteiger partial charge in [0.05, 0.1) is 0 Å². The molecule has 64 valence electrons. The minimum absolute atomic E-state index is 0.0313.